The third-order valence-corrected chi connectivity index (χ3v) is 5.93. The van der Waals surface area contributed by atoms with E-state index in [9.17, 15) is 9.90 Å². The van der Waals surface area contributed by atoms with Crippen molar-refractivity contribution >= 4 is 28.0 Å². The number of phenolic OH excluding ortho intramolecular Hbond substituents is 1. The fraction of sp³-hybridized carbons (Fsp3) is 0.148. The lowest BCUT2D eigenvalue weighted by Gasteiger charge is -2.12. The van der Waals surface area contributed by atoms with Crippen LogP contribution in [0.3, 0.4) is 0 Å². The first-order chi connectivity index (χ1) is 16.6. The Labute approximate surface area is 196 Å². The van der Waals surface area contributed by atoms with Crippen molar-refractivity contribution in [3.63, 3.8) is 0 Å². The van der Waals surface area contributed by atoms with Gasteiger partial charge in [0.15, 0.2) is 18.2 Å². The van der Waals surface area contributed by atoms with Gasteiger partial charge in [-0.25, -0.2) is 0 Å². The van der Waals surface area contributed by atoms with Gasteiger partial charge in [0.2, 0.25) is 5.75 Å². The Morgan fingerprint density at radius 1 is 1.00 bits per heavy atom. The van der Waals surface area contributed by atoms with Crippen LogP contribution in [0.5, 0.6) is 23.0 Å². The van der Waals surface area contributed by atoms with Crippen LogP contribution in [0.2, 0.25) is 0 Å². The van der Waals surface area contributed by atoms with Crippen molar-refractivity contribution in [2.24, 2.45) is 0 Å². The van der Waals surface area contributed by atoms with Crippen molar-refractivity contribution in [2.75, 3.05) is 20.8 Å². The van der Waals surface area contributed by atoms with Gasteiger partial charge in [-0.3, -0.25) is 4.79 Å². The molecule has 5 rings (SSSR count). The molecule has 0 unspecified atom stereocenters. The first-order valence-corrected chi connectivity index (χ1v) is 10.8. The van der Waals surface area contributed by atoms with Crippen LogP contribution in [0, 0.1) is 0 Å². The summed E-state index contributed by atoms with van der Waals surface area (Å²) in [6.07, 6.45) is 2.00. The van der Waals surface area contributed by atoms with Gasteiger partial charge in [-0.1, -0.05) is 36.4 Å². The summed E-state index contributed by atoms with van der Waals surface area (Å²) in [6, 6.07) is 20.9. The van der Waals surface area contributed by atoms with E-state index in [-0.39, 0.29) is 17.4 Å². The monoisotopic (exact) mass is 456 g/mol. The van der Waals surface area contributed by atoms with Gasteiger partial charge in [0, 0.05) is 23.7 Å². The van der Waals surface area contributed by atoms with Crippen LogP contribution in [0.4, 0.5) is 0 Å². The average Bonchev–Trinajstić information content (AvgIpc) is 3.43. The third-order valence-electron chi connectivity index (χ3n) is 5.93. The van der Waals surface area contributed by atoms with E-state index >= 15 is 0 Å². The van der Waals surface area contributed by atoms with E-state index in [0.717, 1.165) is 27.8 Å². The Bertz CT molecular complexity index is 1410. The Morgan fingerprint density at radius 2 is 1.76 bits per heavy atom. The number of carbonyl (C=O) groups excluding carboxylic acids is 1. The molecule has 4 aromatic rings. The smallest absolute Gasteiger partial charge is 0.252 e. The number of nitrogens with zero attached hydrogens (tertiary/aromatic N) is 1. The quantitative estimate of drug-likeness (QED) is 0.430. The molecule has 34 heavy (non-hydrogen) atoms. The molecule has 0 spiro atoms. The third kappa shape index (κ3) is 3.71. The molecule has 0 saturated heterocycles. The number of rotatable bonds is 7. The van der Waals surface area contributed by atoms with Gasteiger partial charge in [-0.05, 0) is 41.5 Å². The van der Waals surface area contributed by atoms with Crippen LogP contribution < -0.4 is 19.5 Å². The highest BCUT2D eigenvalue weighted by Crippen LogP contribution is 2.42. The molecule has 1 amide bonds. The molecule has 0 radical (unpaired) electrons. The summed E-state index contributed by atoms with van der Waals surface area (Å²) in [5, 5.41) is 14.4. The number of benzene rings is 3. The summed E-state index contributed by atoms with van der Waals surface area (Å²) < 4.78 is 18.6. The molecule has 1 aliphatic heterocycles. The molecule has 0 fully saturated rings. The molecular weight excluding hydrogens is 432 g/mol. The Balaban J connectivity index is 1.62. The van der Waals surface area contributed by atoms with Gasteiger partial charge in [0.25, 0.3) is 5.91 Å². The van der Waals surface area contributed by atoms with Gasteiger partial charge >= 0.3 is 0 Å². The summed E-state index contributed by atoms with van der Waals surface area (Å²) in [5.74, 6) is 1.05. The lowest BCUT2D eigenvalue weighted by molar-refractivity contribution is -0.114. The SMILES string of the molecule is COc1cc(C2=C(c3cn(COc4ccccc4)c4ccccc34)CNC2=O)cc(O)c1OC. The second-order valence-corrected chi connectivity index (χ2v) is 7.88. The number of nitrogens with one attached hydrogen (secondary N) is 1. The standard InChI is InChI=1S/C27H24N2O5/c1-32-24-13-17(12-23(30)26(24)33-2)25-20(14-28-27(25)31)21-15-29(22-11-7-6-10-19(21)22)16-34-18-8-4-3-5-9-18/h3-13,15,30H,14,16H2,1-2H3,(H,28,31). The molecule has 0 bridgehead atoms. The number of para-hydroxylation sites is 2. The van der Waals surface area contributed by atoms with E-state index < -0.39 is 0 Å². The summed E-state index contributed by atoms with van der Waals surface area (Å²) in [5.41, 5.74) is 3.80. The number of aromatic nitrogens is 1. The number of methoxy groups -OCH3 is 2. The molecule has 7 heteroatoms. The number of hydrogen-bond donors (Lipinski definition) is 2. The minimum Gasteiger partial charge on any atom is -0.504 e. The second-order valence-electron chi connectivity index (χ2n) is 7.88. The van der Waals surface area contributed by atoms with Gasteiger partial charge < -0.3 is 29.2 Å². The van der Waals surface area contributed by atoms with Crippen molar-refractivity contribution in [3.8, 4) is 23.0 Å². The maximum atomic E-state index is 12.9. The van der Waals surface area contributed by atoms with Crippen LogP contribution in [0.15, 0.2) is 72.9 Å². The molecule has 2 N–H and O–H groups in total. The molecule has 0 atom stereocenters. The molecule has 2 heterocycles. The fourth-order valence-corrected chi connectivity index (χ4v) is 4.36. The predicted octanol–water partition coefficient (Wildman–Crippen LogP) is 4.44. The number of ether oxygens (including phenoxy) is 3. The lowest BCUT2D eigenvalue weighted by atomic mass is 9.96. The second kappa shape index (κ2) is 8.86. The summed E-state index contributed by atoms with van der Waals surface area (Å²) in [7, 11) is 2.95. The average molecular weight is 456 g/mol. The van der Waals surface area contributed by atoms with Crippen LogP contribution in [-0.4, -0.2) is 36.3 Å². The van der Waals surface area contributed by atoms with E-state index in [1.807, 2.05) is 65.4 Å². The summed E-state index contributed by atoms with van der Waals surface area (Å²) in [6.45, 7) is 0.697. The van der Waals surface area contributed by atoms with Crippen molar-refractivity contribution < 1.29 is 24.1 Å². The number of hydrogen-bond acceptors (Lipinski definition) is 5. The zero-order valence-corrected chi connectivity index (χ0v) is 18.9. The number of aromatic hydroxyl groups is 1. The maximum absolute atomic E-state index is 12.9. The normalized spacial score (nSPS) is 13.3. The van der Waals surface area contributed by atoms with E-state index in [4.69, 9.17) is 14.2 Å². The van der Waals surface area contributed by atoms with E-state index in [2.05, 4.69) is 5.32 Å². The van der Waals surface area contributed by atoms with E-state index in [0.29, 0.717) is 30.2 Å². The molecule has 3 aromatic carbocycles. The topological polar surface area (TPSA) is 82.0 Å². The first kappa shape index (κ1) is 21.5. The van der Waals surface area contributed by atoms with Crippen molar-refractivity contribution in [1.82, 2.24) is 9.88 Å². The largest absolute Gasteiger partial charge is 0.504 e. The molecule has 172 valence electrons. The number of fused-ring (bicyclic) bond motifs is 1. The lowest BCUT2D eigenvalue weighted by Crippen LogP contribution is -2.17. The highest BCUT2D eigenvalue weighted by atomic mass is 16.5. The maximum Gasteiger partial charge on any atom is 0.252 e. The number of amides is 1. The molecule has 0 aliphatic carbocycles. The van der Waals surface area contributed by atoms with Crippen molar-refractivity contribution in [3.05, 3.63) is 84.1 Å². The van der Waals surface area contributed by atoms with Crippen LogP contribution in [0.1, 0.15) is 11.1 Å². The molecule has 0 saturated carbocycles. The van der Waals surface area contributed by atoms with Gasteiger partial charge in [-0.2, -0.15) is 0 Å². The Kier molecular flexibility index (Phi) is 5.59. The van der Waals surface area contributed by atoms with Crippen molar-refractivity contribution in [2.45, 2.75) is 6.73 Å². The van der Waals surface area contributed by atoms with Crippen LogP contribution >= 0.6 is 0 Å². The minimum atomic E-state index is -0.209. The molecule has 1 aromatic heterocycles. The summed E-state index contributed by atoms with van der Waals surface area (Å²) >= 11 is 0. The highest BCUT2D eigenvalue weighted by molar-refractivity contribution is 6.31. The highest BCUT2D eigenvalue weighted by Gasteiger charge is 2.29. The van der Waals surface area contributed by atoms with Crippen LogP contribution in [0.25, 0.3) is 22.0 Å². The van der Waals surface area contributed by atoms with Crippen LogP contribution in [-0.2, 0) is 11.5 Å². The van der Waals surface area contributed by atoms with Gasteiger partial charge in [0.1, 0.15) is 5.75 Å². The van der Waals surface area contributed by atoms with E-state index in [1.54, 1.807) is 6.07 Å². The van der Waals surface area contributed by atoms with Gasteiger partial charge in [0.05, 0.1) is 25.3 Å². The first-order valence-electron chi connectivity index (χ1n) is 10.8. The summed E-state index contributed by atoms with van der Waals surface area (Å²) in [4.78, 5) is 12.9. The van der Waals surface area contributed by atoms with E-state index in [1.165, 1.54) is 20.3 Å². The molecule has 1 aliphatic rings. The van der Waals surface area contributed by atoms with Gasteiger partial charge in [-0.15, -0.1) is 0 Å². The zero-order chi connectivity index (χ0) is 23.7. The number of carbonyl (C=O) groups is 1. The molecular formula is C27H24N2O5. The fourth-order valence-electron chi connectivity index (χ4n) is 4.36. The number of phenols is 1. The Morgan fingerprint density at radius 3 is 2.53 bits per heavy atom. The van der Waals surface area contributed by atoms with Crippen molar-refractivity contribution in [1.29, 1.82) is 0 Å². The Hall–Kier alpha value is -4.39. The molecule has 7 nitrogen and oxygen atoms in total. The minimum absolute atomic E-state index is 0.0953. The zero-order valence-electron chi connectivity index (χ0n) is 18.9. The predicted molar refractivity (Wildman–Crippen MR) is 130 cm³/mol.